The SMILES string of the molecule is CCC(C)NC(=O)C(Cc1ccccc1)N(Cc1ccccc1)C(=O)CN(c1cc(Cl)c(Cl)cc1Cl)S(C)(=O)=O. The summed E-state index contributed by atoms with van der Waals surface area (Å²) in [6.07, 6.45) is 1.90. The summed E-state index contributed by atoms with van der Waals surface area (Å²) >= 11 is 18.6. The first-order valence-corrected chi connectivity index (χ1v) is 15.7. The third-order valence-corrected chi connectivity index (χ3v) is 8.56. The number of benzene rings is 3. The van der Waals surface area contributed by atoms with E-state index in [0.29, 0.717) is 6.42 Å². The molecule has 0 aromatic heterocycles. The number of carbonyl (C=O) groups is 2. The Balaban J connectivity index is 2.08. The van der Waals surface area contributed by atoms with Crippen LogP contribution < -0.4 is 9.62 Å². The summed E-state index contributed by atoms with van der Waals surface area (Å²) in [4.78, 5) is 29.1. The molecule has 40 heavy (non-hydrogen) atoms. The van der Waals surface area contributed by atoms with Gasteiger partial charge in [0.2, 0.25) is 21.8 Å². The van der Waals surface area contributed by atoms with E-state index in [-0.39, 0.29) is 45.7 Å². The van der Waals surface area contributed by atoms with E-state index in [1.807, 2.05) is 74.5 Å². The Kier molecular flexibility index (Phi) is 11.3. The molecular formula is C29H32Cl3N3O4S. The minimum Gasteiger partial charge on any atom is -0.352 e. The van der Waals surface area contributed by atoms with E-state index in [1.165, 1.54) is 17.0 Å². The van der Waals surface area contributed by atoms with Gasteiger partial charge in [-0.1, -0.05) is 102 Å². The van der Waals surface area contributed by atoms with Gasteiger partial charge in [-0.2, -0.15) is 0 Å². The normalized spacial score (nSPS) is 12.8. The van der Waals surface area contributed by atoms with Gasteiger partial charge in [0, 0.05) is 19.0 Å². The molecule has 2 amide bonds. The standard InChI is InChI=1S/C29H32Cl3N3O4S/c1-4-20(2)33-29(37)27(15-21-11-7-5-8-12-21)34(18-22-13-9-6-10-14-22)28(36)19-35(40(3,38)39)26-17-24(31)23(30)16-25(26)32/h5-14,16-17,20,27H,4,15,18-19H2,1-3H3,(H,33,37). The van der Waals surface area contributed by atoms with Gasteiger partial charge in [0.1, 0.15) is 12.6 Å². The number of nitrogens with one attached hydrogen (secondary N) is 1. The highest BCUT2D eigenvalue weighted by Gasteiger charge is 2.34. The minimum absolute atomic E-state index is 0.00949. The lowest BCUT2D eigenvalue weighted by molar-refractivity contribution is -0.140. The molecule has 2 unspecified atom stereocenters. The van der Waals surface area contributed by atoms with Gasteiger partial charge < -0.3 is 10.2 Å². The van der Waals surface area contributed by atoms with Crippen LogP contribution in [0.2, 0.25) is 15.1 Å². The molecule has 0 bridgehead atoms. The van der Waals surface area contributed by atoms with Crippen LogP contribution in [-0.2, 0) is 32.6 Å². The van der Waals surface area contributed by atoms with Gasteiger partial charge in [-0.15, -0.1) is 0 Å². The fourth-order valence-electron chi connectivity index (χ4n) is 4.07. The summed E-state index contributed by atoms with van der Waals surface area (Å²) in [5, 5.41) is 3.23. The molecule has 1 N–H and O–H groups in total. The van der Waals surface area contributed by atoms with E-state index in [2.05, 4.69) is 5.32 Å². The van der Waals surface area contributed by atoms with Crippen molar-refractivity contribution in [2.24, 2.45) is 0 Å². The quantitative estimate of drug-likeness (QED) is 0.252. The first kappa shape index (κ1) is 31.7. The fourth-order valence-corrected chi connectivity index (χ4v) is 5.62. The molecule has 3 aromatic carbocycles. The summed E-state index contributed by atoms with van der Waals surface area (Å²) in [7, 11) is -4.00. The van der Waals surface area contributed by atoms with Gasteiger partial charge in [-0.25, -0.2) is 8.42 Å². The second-order valence-electron chi connectivity index (χ2n) is 9.52. The van der Waals surface area contributed by atoms with Crippen LogP contribution in [0, 0.1) is 0 Å². The minimum atomic E-state index is -4.00. The van der Waals surface area contributed by atoms with Crippen LogP contribution in [0.15, 0.2) is 72.8 Å². The average Bonchev–Trinajstić information content (AvgIpc) is 2.91. The maximum atomic E-state index is 14.1. The molecule has 0 aliphatic carbocycles. The highest BCUT2D eigenvalue weighted by Crippen LogP contribution is 2.35. The Hall–Kier alpha value is -2.78. The lowest BCUT2D eigenvalue weighted by atomic mass is 10.0. The van der Waals surface area contributed by atoms with Crippen molar-refractivity contribution in [3.05, 3.63) is 99.0 Å². The maximum Gasteiger partial charge on any atom is 0.244 e. The van der Waals surface area contributed by atoms with Crippen molar-refractivity contribution >= 4 is 62.3 Å². The molecule has 3 rings (SSSR count). The molecule has 0 aliphatic rings. The zero-order valence-electron chi connectivity index (χ0n) is 22.5. The van der Waals surface area contributed by atoms with Crippen LogP contribution in [0.3, 0.4) is 0 Å². The number of hydrogen-bond donors (Lipinski definition) is 1. The molecule has 0 spiro atoms. The van der Waals surface area contributed by atoms with Gasteiger partial charge in [0.15, 0.2) is 0 Å². The van der Waals surface area contributed by atoms with Crippen molar-refractivity contribution in [2.75, 3.05) is 17.1 Å². The molecule has 214 valence electrons. The molecule has 11 heteroatoms. The maximum absolute atomic E-state index is 14.1. The van der Waals surface area contributed by atoms with Crippen LogP contribution in [0.25, 0.3) is 0 Å². The lowest BCUT2D eigenvalue weighted by Crippen LogP contribution is -2.54. The fraction of sp³-hybridized carbons (Fsp3) is 0.310. The van der Waals surface area contributed by atoms with Crippen LogP contribution in [-0.4, -0.2) is 50.0 Å². The first-order valence-electron chi connectivity index (χ1n) is 12.7. The molecular weight excluding hydrogens is 593 g/mol. The highest BCUT2D eigenvalue weighted by atomic mass is 35.5. The molecule has 7 nitrogen and oxygen atoms in total. The zero-order chi connectivity index (χ0) is 29.4. The van der Waals surface area contributed by atoms with Gasteiger partial charge in [-0.05, 0) is 36.6 Å². The number of rotatable bonds is 12. The number of carbonyl (C=O) groups excluding carboxylic acids is 2. The largest absolute Gasteiger partial charge is 0.352 e. The number of hydrogen-bond acceptors (Lipinski definition) is 4. The third-order valence-electron chi connectivity index (χ3n) is 6.41. The zero-order valence-corrected chi connectivity index (χ0v) is 25.6. The summed E-state index contributed by atoms with van der Waals surface area (Å²) < 4.78 is 26.7. The van der Waals surface area contributed by atoms with Crippen molar-refractivity contribution in [1.29, 1.82) is 0 Å². The molecule has 0 fully saturated rings. The van der Waals surface area contributed by atoms with Crippen LogP contribution in [0.5, 0.6) is 0 Å². The van der Waals surface area contributed by atoms with Gasteiger partial charge in [0.05, 0.1) is 27.0 Å². The molecule has 0 aliphatic heterocycles. The number of nitrogens with zero attached hydrogens (tertiary/aromatic N) is 2. The molecule has 0 radical (unpaired) electrons. The van der Waals surface area contributed by atoms with Crippen molar-refractivity contribution in [1.82, 2.24) is 10.2 Å². The lowest BCUT2D eigenvalue weighted by Gasteiger charge is -2.34. The Morgan fingerprint density at radius 3 is 1.98 bits per heavy atom. The second-order valence-corrected chi connectivity index (χ2v) is 12.6. The van der Waals surface area contributed by atoms with Gasteiger partial charge >= 0.3 is 0 Å². The van der Waals surface area contributed by atoms with Gasteiger partial charge in [0.25, 0.3) is 0 Å². The van der Waals surface area contributed by atoms with Crippen molar-refractivity contribution < 1.29 is 18.0 Å². The van der Waals surface area contributed by atoms with Crippen molar-refractivity contribution in [3.8, 4) is 0 Å². The summed E-state index contributed by atoms with van der Waals surface area (Å²) in [5.41, 5.74) is 1.64. The van der Waals surface area contributed by atoms with Crippen molar-refractivity contribution in [3.63, 3.8) is 0 Å². The summed E-state index contributed by atoms with van der Waals surface area (Å²) in [6.45, 7) is 3.32. The van der Waals surface area contributed by atoms with E-state index >= 15 is 0 Å². The number of halogens is 3. The van der Waals surface area contributed by atoms with Crippen molar-refractivity contribution in [2.45, 2.75) is 45.3 Å². The number of sulfonamides is 1. The van der Waals surface area contributed by atoms with E-state index in [0.717, 1.165) is 21.7 Å². The van der Waals surface area contributed by atoms with Gasteiger partial charge in [-0.3, -0.25) is 13.9 Å². The molecule has 3 aromatic rings. The predicted molar refractivity (Wildman–Crippen MR) is 162 cm³/mol. The van der Waals surface area contributed by atoms with Crippen LogP contribution in [0.1, 0.15) is 31.4 Å². The first-order chi connectivity index (χ1) is 18.9. The van der Waals surface area contributed by atoms with Crippen LogP contribution in [0.4, 0.5) is 5.69 Å². The third kappa shape index (κ3) is 8.61. The monoisotopic (exact) mass is 623 g/mol. The Bertz CT molecular complexity index is 1420. The second kappa shape index (κ2) is 14.2. The van der Waals surface area contributed by atoms with E-state index in [9.17, 15) is 18.0 Å². The predicted octanol–water partition coefficient (Wildman–Crippen LogP) is 5.97. The number of amides is 2. The average molecular weight is 625 g/mol. The Morgan fingerprint density at radius 2 is 1.43 bits per heavy atom. The topological polar surface area (TPSA) is 86.8 Å². The summed E-state index contributed by atoms with van der Waals surface area (Å²) in [5.74, 6) is -0.919. The highest BCUT2D eigenvalue weighted by molar-refractivity contribution is 7.92. The molecule has 0 heterocycles. The Morgan fingerprint density at radius 1 is 0.875 bits per heavy atom. The van der Waals surface area contributed by atoms with E-state index in [4.69, 9.17) is 34.8 Å². The number of anilines is 1. The smallest absolute Gasteiger partial charge is 0.244 e. The Labute approximate surface area is 251 Å². The van der Waals surface area contributed by atoms with E-state index in [1.54, 1.807) is 0 Å². The molecule has 2 atom stereocenters. The summed E-state index contributed by atoms with van der Waals surface area (Å²) in [6, 6.07) is 20.1. The molecule has 0 saturated heterocycles. The molecule has 0 saturated carbocycles. The van der Waals surface area contributed by atoms with Crippen LogP contribution >= 0.6 is 34.8 Å². The van der Waals surface area contributed by atoms with E-state index < -0.39 is 28.5 Å².